The predicted octanol–water partition coefficient (Wildman–Crippen LogP) is 4.65. The summed E-state index contributed by atoms with van der Waals surface area (Å²) in [4.78, 5) is 27.6. The van der Waals surface area contributed by atoms with E-state index in [2.05, 4.69) is 24.0 Å². The number of imide groups is 1. The molecule has 2 aromatic heterocycles. The second-order valence-corrected chi connectivity index (χ2v) is 9.36. The lowest BCUT2D eigenvalue weighted by Crippen LogP contribution is -2.41. The first kappa shape index (κ1) is 22.3. The molecule has 1 aliphatic rings. The molecule has 0 bridgehead atoms. The van der Waals surface area contributed by atoms with Gasteiger partial charge in [0.05, 0.1) is 11.5 Å². The molecule has 0 saturated carbocycles. The van der Waals surface area contributed by atoms with Crippen LogP contribution < -0.4 is 0 Å². The van der Waals surface area contributed by atoms with Gasteiger partial charge in [0.2, 0.25) is 5.91 Å². The first-order valence-electron chi connectivity index (χ1n) is 10.7. The maximum absolute atomic E-state index is 13.3. The monoisotopic (exact) mass is 456 g/mol. The lowest BCUT2D eigenvalue weighted by Gasteiger charge is -2.22. The Morgan fingerprint density at radius 2 is 2.00 bits per heavy atom. The van der Waals surface area contributed by atoms with Crippen molar-refractivity contribution < 1.29 is 18.4 Å². The van der Waals surface area contributed by atoms with Gasteiger partial charge in [-0.1, -0.05) is 32.0 Å². The number of thioether (sulfide) groups is 1. The average molecular weight is 457 g/mol. The predicted molar refractivity (Wildman–Crippen MR) is 119 cm³/mol. The molecule has 9 heteroatoms. The molecule has 1 unspecified atom stereocenters. The Hall–Kier alpha value is -2.94. The molecule has 3 aromatic rings. The zero-order chi connectivity index (χ0) is 22.7. The Balaban J connectivity index is 1.59. The minimum absolute atomic E-state index is 0.250. The first-order valence-corrected chi connectivity index (χ1v) is 11.6. The highest BCUT2D eigenvalue weighted by Crippen LogP contribution is 2.32. The van der Waals surface area contributed by atoms with Gasteiger partial charge in [-0.05, 0) is 55.2 Å². The summed E-state index contributed by atoms with van der Waals surface area (Å²) in [6.07, 6.45) is 3.78. The van der Waals surface area contributed by atoms with Crippen LogP contribution in [0.4, 0.5) is 4.39 Å². The van der Waals surface area contributed by atoms with Gasteiger partial charge >= 0.3 is 0 Å². The average Bonchev–Trinajstić information content (AvgIpc) is 3.38. The highest BCUT2D eigenvalue weighted by molar-refractivity contribution is 8.00. The molecule has 1 saturated heterocycles. The number of carbonyl (C=O) groups excluding carboxylic acids is 2. The number of carbonyl (C=O) groups is 2. The summed E-state index contributed by atoms with van der Waals surface area (Å²) in [5.41, 5.74) is 0.300. The molecule has 1 fully saturated rings. The maximum atomic E-state index is 13.3. The summed E-state index contributed by atoms with van der Waals surface area (Å²) in [6, 6.07) is 8.90. The van der Waals surface area contributed by atoms with Gasteiger partial charge in [-0.3, -0.25) is 19.1 Å². The quantitative estimate of drug-likeness (QED) is 0.503. The van der Waals surface area contributed by atoms with Crippen molar-refractivity contribution in [3.63, 3.8) is 0 Å². The van der Waals surface area contributed by atoms with E-state index in [1.54, 1.807) is 12.3 Å². The van der Waals surface area contributed by atoms with Crippen molar-refractivity contribution in [2.45, 2.75) is 50.1 Å². The van der Waals surface area contributed by atoms with E-state index in [4.69, 9.17) is 4.42 Å². The molecule has 1 atom stereocenters. The zero-order valence-electron chi connectivity index (χ0n) is 18.0. The van der Waals surface area contributed by atoms with Gasteiger partial charge in [0.1, 0.15) is 5.82 Å². The molecule has 0 radical (unpaired) electrons. The van der Waals surface area contributed by atoms with Crippen molar-refractivity contribution in [2.75, 3.05) is 6.54 Å². The van der Waals surface area contributed by atoms with Gasteiger partial charge in [0, 0.05) is 18.7 Å². The molecule has 2 amide bonds. The molecule has 32 heavy (non-hydrogen) atoms. The third-order valence-corrected chi connectivity index (χ3v) is 6.46. The summed E-state index contributed by atoms with van der Waals surface area (Å²) in [5.74, 6) is 0.495. The highest BCUT2D eigenvalue weighted by atomic mass is 32.2. The zero-order valence-corrected chi connectivity index (χ0v) is 18.8. The van der Waals surface area contributed by atoms with Crippen LogP contribution in [0.1, 0.15) is 43.5 Å². The van der Waals surface area contributed by atoms with Gasteiger partial charge in [-0.25, -0.2) is 4.39 Å². The topological polar surface area (TPSA) is 81.2 Å². The SMILES string of the molecule is CC(C)Cn1c(SC2CCCCN(C(=O)c3ccc(F)cc3)C2=O)nnc1-c1ccco1. The molecule has 4 rings (SSSR count). The van der Waals surface area contributed by atoms with E-state index in [9.17, 15) is 14.0 Å². The van der Waals surface area contributed by atoms with Crippen LogP contribution in [-0.4, -0.2) is 43.3 Å². The van der Waals surface area contributed by atoms with Gasteiger partial charge in [-0.15, -0.1) is 10.2 Å². The second-order valence-electron chi connectivity index (χ2n) is 8.19. The number of rotatable bonds is 6. The van der Waals surface area contributed by atoms with Crippen LogP contribution in [0.2, 0.25) is 0 Å². The standard InChI is InChI=1S/C23H25FN4O3S/c1-15(2)14-28-20(18-6-5-13-31-18)25-26-23(28)32-19-7-3-4-12-27(22(19)30)21(29)16-8-10-17(24)11-9-16/h5-6,8-11,13,15,19H,3-4,7,12,14H2,1-2H3. The smallest absolute Gasteiger partial charge is 0.260 e. The minimum Gasteiger partial charge on any atom is -0.461 e. The molecule has 7 nitrogen and oxygen atoms in total. The lowest BCUT2D eigenvalue weighted by atomic mass is 10.2. The number of aromatic nitrogens is 3. The number of benzene rings is 1. The van der Waals surface area contributed by atoms with Gasteiger partial charge < -0.3 is 4.42 Å². The minimum atomic E-state index is -0.457. The number of halogens is 1. The number of hydrogen-bond donors (Lipinski definition) is 0. The van der Waals surface area contributed by atoms with Crippen LogP contribution in [-0.2, 0) is 11.3 Å². The van der Waals surface area contributed by atoms with Crippen LogP contribution in [0.5, 0.6) is 0 Å². The van der Waals surface area contributed by atoms with Crippen molar-refractivity contribution in [2.24, 2.45) is 5.92 Å². The summed E-state index contributed by atoms with van der Waals surface area (Å²) in [6.45, 7) is 5.22. The van der Waals surface area contributed by atoms with Crippen LogP contribution in [0.25, 0.3) is 11.6 Å². The Morgan fingerprint density at radius 1 is 1.22 bits per heavy atom. The second kappa shape index (κ2) is 9.68. The van der Waals surface area contributed by atoms with Crippen molar-refractivity contribution >= 4 is 23.6 Å². The van der Waals surface area contributed by atoms with E-state index in [1.165, 1.54) is 40.9 Å². The van der Waals surface area contributed by atoms with Crippen molar-refractivity contribution in [1.29, 1.82) is 0 Å². The fourth-order valence-electron chi connectivity index (χ4n) is 3.69. The highest BCUT2D eigenvalue weighted by Gasteiger charge is 2.34. The van der Waals surface area contributed by atoms with E-state index in [-0.39, 0.29) is 5.91 Å². The largest absolute Gasteiger partial charge is 0.461 e. The van der Waals surface area contributed by atoms with Crippen LogP contribution >= 0.6 is 11.8 Å². The van der Waals surface area contributed by atoms with Gasteiger partial charge in [0.15, 0.2) is 16.7 Å². The fourth-order valence-corrected chi connectivity index (χ4v) is 4.83. The van der Waals surface area contributed by atoms with E-state index in [0.717, 1.165) is 12.8 Å². The number of nitrogens with zero attached hydrogens (tertiary/aromatic N) is 4. The van der Waals surface area contributed by atoms with Crippen molar-refractivity contribution in [3.8, 4) is 11.6 Å². The number of amides is 2. The Bertz CT molecular complexity index is 1080. The Kier molecular flexibility index (Phi) is 6.74. The number of furan rings is 1. The molecule has 0 spiro atoms. The van der Waals surface area contributed by atoms with E-state index < -0.39 is 17.0 Å². The van der Waals surface area contributed by atoms with E-state index in [1.807, 2.05) is 10.6 Å². The molecule has 1 aliphatic heterocycles. The van der Waals surface area contributed by atoms with E-state index >= 15 is 0 Å². The Labute approximate surface area is 190 Å². The molecule has 1 aromatic carbocycles. The normalized spacial score (nSPS) is 17.1. The molecular weight excluding hydrogens is 431 g/mol. The first-order chi connectivity index (χ1) is 15.4. The lowest BCUT2D eigenvalue weighted by molar-refractivity contribution is -0.127. The molecule has 0 N–H and O–H groups in total. The van der Waals surface area contributed by atoms with Crippen molar-refractivity contribution in [1.82, 2.24) is 19.7 Å². The van der Waals surface area contributed by atoms with Gasteiger partial charge in [-0.2, -0.15) is 0 Å². The molecular formula is C23H25FN4O3S. The third kappa shape index (κ3) is 4.77. The van der Waals surface area contributed by atoms with Crippen molar-refractivity contribution in [3.05, 3.63) is 54.0 Å². The maximum Gasteiger partial charge on any atom is 0.260 e. The third-order valence-electron chi connectivity index (χ3n) is 5.23. The summed E-state index contributed by atoms with van der Waals surface area (Å²) in [5, 5.41) is 8.81. The van der Waals surface area contributed by atoms with Crippen LogP contribution in [0, 0.1) is 11.7 Å². The van der Waals surface area contributed by atoms with Crippen LogP contribution in [0.3, 0.4) is 0 Å². The summed E-state index contributed by atoms with van der Waals surface area (Å²) < 4.78 is 20.7. The Morgan fingerprint density at radius 3 is 2.69 bits per heavy atom. The van der Waals surface area contributed by atoms with Crippen LogP contribution in [0.15, 0.2) is 52.2 Å². The number of hydrogen-bond acceptors (Lipinski definition) is 6. The fraction of sp³-hybridized carbons (Fsp3) is 0.391. The van der Waals surface area contributed by atoms with Gasteiger partial charge in [0.25, 0.3) is 5.91 Å². The summed E-state index contributed by atoms with van der Waals surface area (Å²) >= 11 is 1.34. The molecule has 0 aliphatic carbocycles. The molecule has 168 valence electrons. The number of likely N-dealkylation sites (tertiary alicyclic amines) is 1. The van der Waals surface area contributed by atoms with E-state index in [0.29, 0.717) is 47.7 Å². The molecule has 3 heterocycles. The summed E-state index contributed by atoms with van der Waals surface area (Å²) in [7, 11) is 0.